The highest BCUT2D eigenvalue weighted by Crippen LogP contribution is 2.17. The maximum atomic E-state index is 12.5. The van der Waals surface area contributed by atoms with Gasteiger partial charge in [0.05, 0.1) is 12.1 Å². The molecule has 0 fully saturated rings. The van der Waals surface area contributed by atoms with E-state index in [9.17, 15) is 4.79 Å². The lowest BCUT2D eigenvalue weighted by Crippen LogP contribution is -2.38. The molecule has 3 N–H and O–H groups in total. The normalized spacial score (nSPS) is 14.1. The predicted molar refractivity (Wildman–Crippen MR) is 69.0 cm³/mol. The summed E-state index contributed by atoms with van der Waals surface area (Å²) in [6.07, 6.45) is 5.27. The Morgan fingerprint density at radius 2 is 2.21 bits per heavy atom. The van der Waals surface area contributed by atoms with Gasteiger partial charge in [-0.1, -0.05) is 0 Å². The van der Waals surface area contributed by atoms with E-state index in [-0.39, 0.29) is 5.91 Å². The second kappa shape index (κ2) is 4.69. The number of hydrogen-bond acceptors (Lipinski definition) is 5. The molecule has 1 amide bonds. The second-order valence-corrected chi connectivity index (χ2v) is 4.31. The Bertz CT molecular complexity index is 608. The molecule has 0 spiro atoms. The number of imidazole rings is 1. The predicted octanol–water partition coefficient (Wildman–Crippen LogP) is 0.220. The van der Waals surface area contributed by atoms with Gasteiger partial charge in [0.15, 0.2) is 5.82 Å². The molecule has 1 aliphatic rings. The van der Waals surface area contributed by atoms with E-state index in [1.54, 1.807) is 29.4 Å². The number of carbonyl (C=O) groups is 1. The Kier molecular flexibility index (Phi) is 2.88. The standard InChI is InChI=1S/C12H14N6O/c13-16-11-9(2-1-3-15-11)12(19)18-7-6-17-5-4-14-10(17)8-18/h1-5H,6-8,13H2,(H,15,16). The average Bonchev–Trinajstić information content (AvgIpc) is 2.93. The summed E-state index contributed by atoms with van der Waals surface area (Å²) < 4.78 is 2.05. The van der Waals surface area contributed by atoms with Crippen LogP contribution in [-0.4, -0.2) is 31.9 Å². The zero-order valence-corrected chi connectivity index (χ0v) is 10.3. The summed E-state index contributed by atoms with van der Waals surface area (Å²) in [5, 5.41) is 0. The molecule has 0 aromatic carbocycles. The quantitative estimate of drug-likeness (QED) is 0.594. The topological polar surface area (TPSA) is 89.1 Å². The van der Waals surface area contributed by atoms with E-state index in [1.807, 2.05) is 6.20 Å². The van der Waals surface area contributed by atoms with Crippen LogP contribution in [0.4, 0.5) is 5.82 Å². The van der Waals surface area contributed by atoms with Crippen molar-refractivity contribution in [3.05, 3.63) is 42.1 Å². The third-order valence-electron chi connectivity index (χ3n) is 3.21. The number of carbonyl (C=O) groups excluding carboxylic acids is 1. The number of amides is 1. The zero-order chi connectivity index (χ0) is 13.2. The van der Waals surface area contributed by atoms with Gasteiger partial charge in [0.2, 0.25) is 0 Å². The minimum Gasteiger partial charge on any atom is -0.332 e. The number of nitrogens with two attached hydrogens (primary N) is 1. The molecule has 98 valence electrons. The van der Waals surface area contributed by atoms with Crippen molar-refractivity contribution < 1.29 is 4.79 Å². The lowest BCUT2D eigenvalue weighted by atomic mass is 10.2. The van der Waals surface area contributed by atoms with Crippen molar-refractivity contribution in [2.45, 2.75) is 13.1 Å². The van der Waals surface area contributed by atoms with Crippen molar-refractivity contribution in [1.29, 1.82) is 0 Å². The molecule has 0 aliphatic carbocycles. The van der Waals surface area contributed by atoms with Crippen LogP contribution in [0.1, 0.15) is 16.2 Å². The Morgan fingerprint density at radius 1 is 1.32 bits per heavy atom. The first-order valence-corrected chi connectivity index (χ1v) is 6.00. The van der Waals surface area contributed by atoms with Crippen LogP contribution in [0.5, 0.6) is 0 Å². The number of fused-ring (bicyclic) bond motifs is 1. The Labute approximate surface area is 110 Å². The summed E-state index contributed by atoms with van der Waals surface area (Å²) in [4.78, 5) is 22.5. The summed E-state index contributed by atoms with van der Waals surface area (Å²) in [5.41, 5.74) is 2.93. The van der Waals surface area contributed by atoms with Gasteiger partial charge in [-0.05, 0) is 12.1 Å². The van der Waals surface area contributed by atoms with E-state index in [0.717, 1.165) is 12.4 Å². The number of nitrogens with one attached hydrogen (secondary N) is 1. The van der Waals surface area contributed by atoms with Crippen LogP contribution in [0, 0.1) is 0 Å². The van der Waals surface area contributed by atoms with E-state index in [4.69, 9.17) is 5.84 Å². The largest absolute Gasteiger partial charge is 0.332 e. The minimum absolute atomic E-state index is 0.0877. The van der Waals surface area contributed by atoms with E-state index < -0.39 is 0 Å². The SMILES string of the molecule is NNc1ncccc1C(=O)N1CCn2ccnc2C1. The first kappa shape index (κ1) is 11.7. The monoisotopic (exact) mass is 258 g/mol. The Balaban J connectivity index is 1.85. The highest BCUT2D eigenvalue weighted by Gasteiger charge is 2.24. The second-order valence-electron chi connectivity index (χ2n) is 4.31. The summed E-state index contributed by atoms with van der Waals surface area (Å²) in [7, 11) is 0. The molecular formula is C12H14N6O. The van der Waals surface area contributed by atoms with Crippen molar-refractivity contribution in [2.24, 2.45) is 5.84 Å². The van der Waals surface area contributed by atoms with Gasteiger partial charge in [-0.3, -0.25) is 4.79 Å². The number of anilines is 1. The van der Waals surface area contributed by atoms with Crippen molar-refractivity contribution in [2.75, 3.05) is 12.0 Å². The molecule has 0 saturated heterocycles. The first-order chi connectivity index (χ1) is 9.29. The maximum Gasteiger partial charge on any atom is 0.258 e. The number of aromatic nitrogens is 3. The van der Waals surface area contributed by atoms with Gasteiger partial charge in [0.1, 0.15) is 5.82 Å². The highest BCUT2D eigenvalue weighted by atomic mass is 16.2. The van der Waals surface area contributed by atoms with Gasteiger partial charge in [-0.15, -0.1) is 0 Å². The molecule has 1 aliphatic heterocycles. The molecular weight excluding hydrogens is 244 g/mol. The van der Waals surface area contributed by atoms with E-state index in [1.165, 1.54) is 0 Å². The lowest BCUT2D eigenvalue weighted by molar-refractivity contribution is 0.0708. The van der Waals surface area contributed by atoms with Gasteiger partial charge in [-0.25, -0.2) is 15.8 Å². The number of pyridine rings is 1. The van der Waals surface area contributed by atoms with Crippen molar-refractivity contribution >= 4 is 11.7 Å². The molecule has 2 aromatic rings. The van der Waals surface area contributed by atoms with Crippen LogP contribution in [0.3, 0.4) is 0 Å². The van der Waals surface area contributed by atoms with Crippen molar-refractivity contribution in [1.82, 2.24) is 19.4 Å². The van der Waals surface area contributed by atoms with Crippen LogP contribution >= 0.6 is 0 Å². The molecule has 3 heterocycles. The highest BCUT2D eigenvalue weighted by molar-refractivity contribution is 5.98. The van der Waals surface area contributed by atoms with E-state index in [0.29, 0.717) is 24.5 Å². The molecule has 3 rings (SSSR count). The van der Waals surface area contributed by atoms with Crippen molar-refractivity contribution in [3.63, 3.8) is 0 Å². The van der Waals surface area contributed by atoms with Gasteiger partial charge < -0.3 is 14.9 Å². The zero-order valence-electron chi connectivity index (χ0n) is 10.3. The van der Waals surface area contributed by atoms with Gasteiger partial charge >= 0.3 is 0 Å². The number of nitrogen functional groups attached to an aromatic ring is 1. The summed E-state index contributed by atoms with van der Waals surface area (Å²) in [6.45, 7) is 1.92. The smallest absolute Gasteiger partial charge is 0.258 e. The number of hydrogen-bond donors (Lipinski definition) is 2. The number of hydrazine groups is 1. The Morgan fingerprint density at radius 3 is 3.05 bits per heavy atom. The molecule has 7 heteroatoms. The molecule has 0 saturated carbocycles. The van der Waals surface area contributed by atoms with Crippen LogP contribution in [0.25, 0.3) is 0 Å². The van der Waals surface area contributed by atoms with Crippen molar-refractivity contribution in [3.8, 4) is 0 Å². The molecule has 2 aromatic heterocycles. The molecule has 0 bridgehead atoms. The van der Waals surface area contributed by atoms with Gasteiger partial charge in [-0.2, -0.15) is 0 Å². The van der Waals surface area contributed by atoms with Gasteiger partial charge in [0.25, 0.3) is 5.91 Å². The third-order valence-corrected chi connectivity index (χ3v) is 3.21. The maximum absolute atomic E-state index is 12.5. The van der Waals surface area contributed by atoms with E-state index in [2.05, 4.69) is 20.0 Å². The number of rotatable bonds is 2. The first-order valence-electron chi connectivity index (χ1n) is 6.00. The minimum atomic E-state index is -0.0877. The fraction of sp³-hybridized carbons (Fsp3) is 0.250. The number of nitrogens with zero attached hydrogens (tertiary/aromatic N) is 4. The fourth-order valence-electron chi connectivity index (χ4n) is 2.21. The van der Waals surface area contributed by atoms with Crippen LogP contribution in [0.2, 0.25) is 0 Å². The summed E-state index contributed by atoms with van der Waals surface area (Å²) in [5.74, 6) is 6.58. The summed E-state index contributed by atoms with van der Waals surface area (Å²) >= 11 is 0. The summed E-state index contributed by atoms with van der Waals surface area (Å²) in [6, 6.07) is 3.44. The molecule has 0 radical (unpaired) electrons. The Hall–Kier alpha value is -2.41. The van der Waals surface area contributed by atoms with Gasteiger partial charge in [0, 0.05) is 31.7 Å². The third kappa shape index (κ3) is 2.04. The van der Waals surface area contributed by atoms with Crippen LogP contribution in [-0.2, 0) is 13.1 Å². The van der Waals surface area contributed by atoms with Crippen LogP contribution in [0.15, 0.2) is 30.7 Å². The lowest BCUT2D eigenvalue weighted by Gasteiger charge is -2.28. The molecule has 7 nitrogen and oxygen atoms in total. The van der Waals surface area contributed by atoms with E-state index >= 15 is 0 Å². The molecule has 0 unspecified atom stereocenters. The molecule has 0 atom stereocenters. The fourth-order valence-corrected chi connectivity index (χ4v) is 2.21. The van der Waals surface area contributed by atoms with Crippen LogP contribution < -0.4 is 11.3 Å². The average molecular weight is 258 g/mol. The molecule has 19 heavy (non-hydrogen) atoms.